The molecule has 13 nitrogen and oxygen atoms in total. The number of hydrogen-bond donors (Lipinski definition) is 5. The molecule has 0 aliphatic carbocycles. The number of benzene rings is 2. The lowest BCUT2D eigenvalue weighted by atomic mass is 9.91. The molecule has 2 aromatic carbocycles. The van der Waals surface area contributed by atoms with Gasteiger partial charge in [-0.3, -0.25) is 4.79 Å². The second-order valence-electron chi connectivity index (χ2n) is 11.5. The number of carbonyl (C=O) groups excluding carboxylic acids is 1. The Labute approximate surface area is 275 Å². The Balaban J connectivity index is 1.42. The van der Waals surface area contributed by atoms with Gasteiger partial charge in [-0.2, -0.15) is 28.1 Å². The number of anilines is 3. The molecule has 3 aliphatic heterocycles. The fourth-order valence-electron chi connectivity index (χ4n) is 5.32. The summed E-state index contributed by atoms with van der Waals surface area (Å²) >= 11 is 0. The number of aromatic nitrogens is 3. The van der Waals surface area contributed by atoms with Crippen LogP contribution in [0.4, 0.5) is 30.8 Å². The number of halogens is 3. The van der Waals surface area contributed by atoms with Gasteiger partial charge in [0.1, 0.15) is 17.5 Å². The fourth-order valence-corrected chi connectivity index (χ4v) is 5.32. The van der Waals surface area contributed by atoms with Crippen molar-refractivity contribution in [2.75, 3.05) is 43.5 Å². The molecule has 16 heteroatoms. The number of aliphatic carboxylic acids is 1. The number of nitrogens with zero attached hydrogens (tertiary/aromatic N) is 3. The zero-order valence-electron chi connectivity index (χ0n) is 26.1. The number of ether oxygens (including phenoxy) is 3. The zero-order chi connectivity index (χ0) is 33.9. The van der Waals surface area contributed by atoms with E-state index in [0.29, 0.717) is 37.4 Å². The minimum Gasteiger partial charge on any atom is -0.494 e. The molecule has 5 N–H and O–H groups in total. The lowest BCUT2D eigenvalue weighted by Crippen LogP contribution is -2.50. The minimum atomic E-state index is -4.62. The van der Waals surface area contributed by atoms with Crippen molar-refractivity contribution in [3.05, 3.63) is 53.6 Å². The van der Waals surface area contributed by atoms with Crippen molar-refractivity contribution in [3.63, 3.8) is 0 Å². The van der Waals surface area contributed by atoms with Crippen LogP contribution in [0.25, 0.3) is 0 Å². The Bertz CT molecular complexity index is 1540. The molecular formula is C32H38F3N7O6. The summed E-state index contributed by atoms with van der Waals surface area (Å²) in [5.74, 6) is -1.30. The Morgan fingerprint density at radius 3 is 2.44 bits per heavy atom. The number of alkyl halides is 3. The van der Waals surface area contributed by atoms with Crippen LogP contribution in [0, 0.1) is 5.92 Å². The van der Waals surface area contributed by atoms with Crippen molar-refractivity contribution in [3.8, 4) is 17.5 Å². The van der Waals surface area contributed by atoms with Crippen molar-refractivity contribution < 1.29 is 42.1 Å². The molecule has 1 amide bonds. The quantitative estimate of drug-likeness (QED) is 0.245. The molecule has 2 atom stereocenters. The summed E-state index contributed by atoms with van der Waals surface area (Å²) in [6, 6.07) is 10.2. The molecule has 258 valence electrons. The molecule has 0 radical (unpaired) electrons. The van der Waals surface area contributed by atoms with Gasteiger partial charge in [0.05, 0.1) is 18.8 Å². The SMILES string of the molecule is O=C(NC(C(=O)O)C1CCCNC1)c1ccc2cc1OCCCCCCOc1ccc(cc1)CNc1nc(nc(OCC(F)(F)F)n1)N2. The van der Waals surface area contributed by atoms with Crippen molar-refractivity contribution in [1.29, 1.82) is 0 Å². The molecule has 1 fully saturated rings. The molecule has 0 saturated carbocycles. The van der Waals surface area contributed by atoms with Crippen LogP contribution in [-0.2, 0) is 11.3 Å². The first-order valence-corrected chi connectivity index (χ1v) is 15.8. The van der Waals surface area contributed by atoms with E-state index < -0.39 is 36.7 Å². The van der Waals surface area contributed by atoms with E-state index in [9.17, 15) is 27.9 Å². The number of carboxylic acids is 1. The largest absolute Gasteiger partial charge is 0.494 e. The topological polar surface area (TPSA) is 169 Å². The number of carbonyl (C=O) groups is 2. The van der Waals surface area contributed by atoms with Crippen LogP contribution in [-0.4, -0.2) is 77.1 Å². The Morgan fingerprint density at radius 2 is 1.73 bits per heavy atom. The van der Waals surface area contributed by atoms with Gasteiger partial charge in [0.25, 0.3) is 5.91 Å². The highest BCUT2D eigenvalue weighted by molar-refractivity contribution is 5.99. The zero-order valence-corrected chi connectivity index (χ0v) is 26.1. The normalized spacial score (nSPS) is 18.0. The fraction of sp³-hybridized carbons (Fsp3) is 0.469. The molecule has 4 heterocycles. The van der Waals surface area contributed by atoms with E-state index in [1.165, 1.54) is 18.2 Å². The number of nitrogens with one attached hydrogen (secondary N) is 4. The van der Waals surface area contributed by atoms with Crippen LogP contribution < -0.4 is 35.5 Å². The van der Waals surface area contributed by atoms with Gasteiger partial charge >= 0.3 is 18.2 Å². The van der Waals surface area contributed by atoms with Crippen LogP contribution in [0.2, 0.25) is 0 Å². The third-order valence-electron chi connectivity index (χ3n) is 7.76. The Kier molecular flexibility index (Phi) is 11.7. The molecule has 48 heavy (non-hydrogen) atoms. The third-order valence-corrected chi connectivity index (χ3v) is 7.76. The van der Waals surface area contributed by atoms with E-state index in [-0.39, 0.29) is 42.3 Å². The highest BCUT2D eigenvalue weighted by Gasteiger charge is 2.32. The average molecular weight is 674 g/mol. The average Bonchev–Trinajstić information content (AvgIpc) is 3.06. The molecule has 3 aromatic rings. The molecule has 1 aromatic heterocycles. The lowest BCUT2D eigenvalue weighted by Gasteiger charge is -2.28. The van der Waals surface area contributed by atoms with Gasteiger partial charge in [0.2, 0.25) is 11.9 Å². The van der Waals surface area contributed by atoms with Crippen LogP contribution in [0.3, 0.4) is 0 Å². The Morgan fingerprint density at radius 1 is 0.979 bits per heavy atom. The number of rotatable bonds is 6. The first kappa shape index (κ1) is 34.5. The van der Waals surface area contributed by atoms with Gasteiger partial charge in [-0.25, -0.2) is 4.79 Å². The molecule has 1 saturated heterocycles. The van der Waals surface area contributed by atoms with Crippen LogP contribution in [0.5, 0.6) is 17.5 Å². The van der Waals surface area contributed by atoms with Gasteiger partial charge in [-0.1, -0.05) is 12.1 Å². The monoisotopic (exact) mass is 673 g/mol. The highest BCUT2D eigenvalue weighted by Crippen LogP contribution is 2.28. The van der Waals surface area contributed by atoms with E-state index in [1.807, 2.05) is 24.3 Å². The lowest BCUT2D eigenvalue weighted by molar-refractivity contribution is -0.154. The number of hydrogen-bond acceptors (Lipinski definition) is 11. The smallest absolute Gasteiger partial charge is 0.422 e. The van der Waals surface area contributed by atoms with E-state index in [1.54, 1.807) is 0 Å². The molecule has 6 bridgehead atoms. The standard InChI is InChI=1S/C32H38F3N7O6/c33-32(34,35)19-48-31-41-29-37-17-20-7-10-23(11-8-20)46-14-3-1-2-4-15-47-25-16-22(38-30(40-29)42-31)9-12-24(25)27(43)39-26(28(44)45)21-6-5-13-36-18-21/h7-12,16,21,26,36H,1-6,13-15,17-19H2,(H,39,43)(H,44,45)(H2,37,38,40,41,42). The number of carboxylic acid groups (broad SMARTS) is 1. The Hall–Kier alpha value is -4.86. The van der Waals surface area contributed by atoms with Gasteiger partial charge in [0, 0.05) is 30.8 Å². The summed E-state index contributed by atoms with van der Waals surface area (Å²) in [5.41, 5.74) is 1.32. The summed E-state index contributed by atoms with van der Waals surface area (Å²) in [4.78, 5) is 37.8. The predicted octanol–water partition coefficient (Wildman–Crippen LogP) is 4.68. The maximum atomic E-state index is 13.5. The minimum absolute atomic E-state index is 0.0414. The van der Waals surface area contributed by atoms with E-state index in [0.717, 1.165) is 37.8 Å². The number of piperidine rings is 1. The van der Waals surface area contributed by atoms with E-state index >= 15 is 0 Å². The second kappa shape index (κ2) is 16.3. The summed E-state index contributed by atoms with van der Waals surface area (Å²) in [5, 5.41) is 21.6. The van der Waals surface area contributed by atoms with E-state index in [2.05, 4.69) is 36.2 Å². The number of fused-ring (bicyclic) bond motifs is 10. The summed E-state index contributed by atoms with van der Waals surface area (Å²) in [6.45, 7) is 0.712. The van der Waals surface area contributed by atoms with Gasteiger partial charge in [0.15, 0.2) is 6.61 Å². The first-order valence-electron chi connectivity index (χ1n) is 15.8. The number of amides is 1. The van der Waals surface area contributed by atoms with Crippen molar-refractivity contribution in [2.24, 2.45) is 5.92 Å². The first-order chi connectivity index (χ1) is 23.1. The van der Waals surface area contributed by atoms with Gasteiger partial charge in [-0.15, -0.1) is 0 Å². The molecule has 3 aliphatic rings. The van der Waals surface area contributed by atoms with Gasteiger partial charge in [-0.05, 0) is 74.9 Å². The van der Waals surface area contributed by atoms with Crippen molar-refractivity contribution in [2.45, 2.75) is 57.3 Å². The summed E-state index contributed by atoms with van der Waals surface area (Å²) in [7, 11) is 0. The van der Waals surface area contributed by atoms with Crippen LogP contribution >= 0.6 is 0 Å². The molecule has 0 spiro atoms. The van der Waals surface area contributed by atoms with Crippen LogP contribution in [0.1, 0.15) is 54.4 Å². The third kappa shape index (κ3) is 10.3. The predicted molar refractivity (Wildman–Crippen MR) is 169 cm³/mol. The molecule has 2 unspecified atom stereocenters. The summed E-state index contributed by atoms with van der Waals surface area (Å²) < 4.78 is 55.5. The van der Waals surface area contributed by atoms with E-state index in [4.69, 9.17) is 14.2 Å². The molecule has 6 rings (SSSR count). The van der Waals surface area contributed by atoms with Crippen molar-refractivity contribution in [1.82, 2.24) is 25.6 Å². The maximum absolute atomic E-state index is 13.5. The van der Waals surface area contributed by atoms with Crippen molar-refractivity contribution >= 4 is 29.5 Å². The van der Waals surface area contributed by atoms with Crippen LogP contribution in [0.15, 0.2) is 42.5 Å². The highest BCUT2D eigenvalue weighted by atomic mass is 19.4. The second-order valence-corrected chi connectivity index (χ2v) is 11.5. The molecular weight excluding hydrogens is 635 g/mol. The maximum Gasteiger partial charge on any atom is 0.422 e. The summed E-state index contributed by atoms with van der Waals surface area (Å²) in [6.07, 6.45) is 0.101. The van der Waals surface area contributed by atoms with Gasteiger partial charge < -0.3 is 40.6 Å².